The van der Waals surface area contributed by atoms with Crippen LogP contribution in [0.15, 0.2) is 41.0 Å². The van der Waals surface area contributed by atoms with E-state index in [0.717, 1.165) is 0 Å². The van der Waals surface area contributed by atoms with Gasteiger partial charge in [-0.25, -0.2) is 0 Å². The molecule has 0 fully saturated rings. The lowest BCUT2D eigenvalue weighted by Crippen LogP contribution is -2.33. The van der Waals surface area contributed by atoms with E-state index < -0.39 is 10.8 Å². The molecule has 1 atom stereocenters. The molecule has 1 aromatic carbocycles. The lowest BCUT2D eigenvalue weighted by molar-refractivity contribution is -0.385. The lowest BCUT2D eigenvalue weighted by Gasteiger charge is -2.37. The molecule has 0 spiro atoms. The van der Waals surface area contributed by atoms with Crippen molar-refractivity contribution >= 4 is 23.1 Å². The summed E-state index contributed by atoms with van der Waals surface area (Å²) >= 11 is 5.89. The summed E-state index contributed by atoms with van der Waals surface area (Å²) < 4.78 is 5.57. The topological polar surface area (TPSA) is 119 Å². The third kappa shape index (κ3) is 2.93. The Balaban J connectivity index is 2.28. The molecule has 1 unspecified atom stereocenters. The van der Waals surface area contributed by atoms with Gasteiger partial charge in [-0.1, -0.05) is 25.4 Å². The van der Waals surface area contributed by atoms with Gasteiger partial charge in [0.05, 0.1) is 10.8 Å². The zero-order valence-electron chi connectivity index (χ0n) is 14.2. The first-order valence-corrected chi connectivity index (χ1v) is 8.30. The minimum absolute atomic E-state index is 0.0118. The van der Waals surface area contributed by atoms with Gasteiger partial charge in [0.2, 0.25) is 5.88 Å². The highest BCUT2D eigenvalue weighted by molar-refractivity contribution is 6.30. The standard InChI is InChI=1S/C18H16ClN3O4/c1-18(2)6-13(23)16-14(7-18)26-17(21)11(8-20)15(16)10-4-3-9(19)5-12(10)22(24)25/h3-5,15H,6-7,21H2,1-2H3. The summed E-state index contributed by atoms with van der Waals surface area (Å²) in [5.41, 5.74) is 5.77. The van der Waals surface area contributed by atoms with Crippen molar-refractivity contribution in [2.75, 3.05) is 0 Å². The first-order chi connectivity index (χ1) is 12.1. The van der Waals surface area contributed by atoms with Gasteiger partial charge in [-0.05, 0) is 17.5 Å². The van der Waals surface area contributed by atoms with Crippen LogP contribution in [0.4, 0.5) is 5.69 Å². The van der Waals surface area contributed by atoms with E-state index in [1.54, 1.807) is 0 Å². The number of benzene rings is 1. The highest BCUT2D eigenvalue weighted by Gasteiger charge is 2.44. The highest BCUT2D eigenvalue weighted by Crippen LogP contribution is 2.49. The fraction of sp³-hybridized carbons (Fsp3) is 0.333. The van der Waals surface area contributed by atoms with Gasteiger partial charge >= 0.3 is 0 Å². The molecule has 0 saturated heterocycles. The molecule has 0 radical (unpaired) electrons. The Morgan fingerprint density at radius 2 is 2.12 bits per heavy atom. The van der Waals surface area contributed by atoms with Crippen LogP contribution in [0.1, 0.15) is 38.2 Å². The number of carbonyl (C=O) groups excluding carboxylic acids is 1. The summed E-state index contributed by atoms with van der Waals surface area (Å²) in [4.78, 5) is 23.8. The van der Waals surface area contributed by atoms with Crippen molar-refractivity contribution in [3.63, 3.8) is 0 Å². The van der Waals surface area contributed by atoms with E-state index in [0.29, 0.717) is 12.2 Å². The SMILES string of the molecule is CC1(C)CC(=O)C2=C(C1)OC(N)=C(C#N)C2c1ccc(Cl)cc1[N+](=O)[O-]. The summed E-state index contributed by atoms with van der Waals surface area (Å²) in [5, 5.41) is 21.3. The molecular formula is C18H16ClN3O4. The van der Waals surface area contributed by atoms with Gasteiger partial charge in [-0.3, -0.25) is 14.9 Å². The Morgan fingerprint density at radius 1 is 1.42 bits per heavy atom. The molecule has 1 heterocycles. The molecule has 7 nitrogen and oxygen atoms in total. The number of ether oxygens (including phenoxy) is 1. The van der Waals surface area contributed by atoms with Crippen molar-refractivity contribution in [2.45, 2.75) is 32.6 Å². The third-order valence-corrected chi connectivity index (χ3v) is 4.81. The number of allylic oxidation sites excluding steroid dienone is 3. The molecule has 0 bridgehead atoms. The number of ketones is 1. The van der Waals surface area contributed by atoms with Crippen molar-refractivity contribution in [1.29, 1.82) is 5.26 Å². The summed E-state index contributed by atoms with van der Waals surface area (Å²) in [7, 11) is 0. The average molecular weight is 374 g/mol. The molecule has 3 rings (SSSR count). The molecule has 1 aliphatic heterocycles. The monoisotopic (exact) mass is 373 g/mol. The first-order valence-electron chi connectivity index (χ1n) is 7.92. The van der Waals surface area contributed by atoms with E-state index in [-0.39, 0.29) is 50.9 Å². The van der Waals surface area contributed by atoms with Gasteiger partial charge in [-0.15, -0.1) is 0 Å². The van der Waals surface area contributed by atoms with Crippen LogP contribution < -0.4 is 5.73 Å². The second-order valence-corrected chi connectivity index (χ2v) is 7.60. The summed E-state index contributed by atoms with van der Waals surface area (Å²) in [6.45, 7) is 3.86. The van der Waals surface area contributed by atoms with E-state index in [1.807, 2.05) is 19.9 Å². The number of halogens is 1. The van der Waals surface area contributed by atoms with Crippen molar-refractivity contribution in [3.05, 3.63) is 61.7 Å². The molecule has 8 heteroatoms. The molecule has 2 aliphatic rings. The summed E-state index contributed by atoms with van der Waals surface area (Å²) in [6, 6.07) is 6.09. The van der Waals surface area contributed by atoms with Crippen LogP contribution in [0.25, 0.3) is 0 Å². The third-order valence-electron chi connectivity index (χ3n) is 4.58. The van der Waals surface area contributed by atoms with Gasteiger partial charge in [0.1, 0.15) is 17.4 Å². The van der Waals surface area contributed by atoms with E-state index in [1.165, 1.54) is 18.2 Å². The summed E-state index contributed by atoms with van der Waals surface area (Å²) in [6.07, 6.45) is 0.705. The maximum absolute atomic E-state index is 12.8. The van der Waals surface area contributed by atoms with E-state index in [9.17, 15) is 20.2 Å². The first kappa shape index (κ1) is 18.0. The number of nitrogens with zero attached hydrogens (tertiary/aromatic N) is 2. The number of rotatable bonds is 2. The predicted octanol–water partition coefficient (Wildman–Crippen LogP) is 3.70. The van der Waals surface area contributed by atoms with Crippen molar-refractivity contribution in [2.24, 2.45) is 11.1 Å². The Bertz CT molecular complexity index is 940. The molecule has 0 aromatic heterocycles. The van der Waals surface area contributed by atoms with Crippen LogP contribution >= 0.6 is 11.6 Å². The second kappa shape index (κ2) is 6.15. The van der Waals surface area contributed by atoms with Gasteiger partial charge in [0, 0.05) is 35.1 Å². The second-order valence-electron chi connectivity index (χ2n) is 7.16. The molecule has 2 N–H and O–H groups in total. The fourth-order valence-corrected chi connectivity index (χ4v) is 3.68. The number of Topliss-reactive ketones (excluding diaryl/α,β-unsaturated/α-hetero) is 1. The Labute approximate surface area is 154 Å². The van der Waals surface area contributed by atoms with Crippen molar-refractivity contribution < 1.29 is 14.5 Å². The van der Waals surface area contributed by atoms with E-state index in [4.69, 9.17) is 22.1 Å². The average Bonchev–Trinajstić information content (AvgIpc) is 2.52. The van der Waals surface area contributed by atoms with Crippen molar-refractivity contribution in [1.82, 2.24) is 0 Å². The quantitative estimate of drug-likeness (QED) is 0.623. The van der Waals surface area contributed by atoms with Crippen molar-refractivity contribution in [3.8, 4) is 6.07 Å². The van der Waals surface area contributed by atoms with E-state index >= 15 is 0 Å². The van der Waals surface area contributed by atoms with Gasteiger partial charge in [0.25, 0.3) is 5.69 Å². The maximum Gasteiger partial charge on any atom is 0.275 e. The Hall–Kier alpha value is -2.85. The normalized spacial score (nSPS) is 21.8. The lowest BCUT2D eigenvalue weighted by atomic mass is 9.70. The fourth-order valence-electron chi connectivity index (χ4n) is 3.51. The zero-order chi connectivity index (χ0) is 19.2. The Kier molecular flexibility index (Phi) is 4.24. The number of hydrogen-bond donors (Lipinski definition) is 1. The summed E-state index contributed by atoms with van der Waals surface area (Å²) in [5.74, 6) is -0.904. The highest BCUT2D eigenvalue weighted by atomic mass is 35.5. The smallest absolute Gasteiger partial charge is 0.275 e. The van der Waals surface area contributed by atoms with Crippen LogP contribution in [0.3, 0.4) is 0 Å². The molecule has 0 saturated carbocycles. The zero-order valence-corrected chi connectivity index (χ0v) is 15.0. The minimum Gasteiger partial charge on any atom is -0.444 e. The van der Waals surface area contributed by atoms with Crippen LogP contribution in [-0.2, 0) is 9.53 Å². The molecule has 1 aromatic rings. The van der Waals surface area contributed by atoms with Crippen LogP contribution in [0.5, 0.6) is 0 Å². The number of nitro benzene ring substituents is 1. The van der Waals surface area contributed by atoms with Crippen LogP contribution in [-0.4, -0.2) is 10.7 Å². The number of nitrogens with two attached hydrogens (primary N) is 1. The number of carbonyl (C=O) groups is 1. The predicted molar refractivity (Wildman–Crippen MR) is 93.8 cm³/mol. The number of hydrogen-bond acceptors (Lipinski definition) is 6. The van der Waals surface area contributed by atoms with Gasteiger partial charge in [-0.2, -0.15) is 5.26 Å². The van der Waals surface area contributed by atoms with Gasteiger partial charge < -0.3 is 10.5 Å². The molecule has 26 heavy (non-hydrogen) atoms. The van der Waals surface area contributed by atoms with Crippen LogP contribution in [0, 0.1) is 26.9 Å². The van der Waals surface area contributed by atoms with Gasteiger partial charge in [0.15, 0.2) is 5.78 Å². The Morgan fingerprint density at radius 3 is 2.73 bits per heavy atom. The van der Waals surface area contributed by atoms with E-state index in [2.05, 4.69) is 0 Å². The molecule has 0 amide bonds. The molecule has 134 valence electrons. The minimum atomic E-state index is -0.940. The van der Waals surface area contributed by atoms with Crippen LogP contribution in [0.2, 0.25) is 5.02 Å². The number of nitro groups is 1. The molecular weight excluding hydrogens is 358 g/mol. The molecule has 1 aliphatic carbocycles. The largest absolute Gasteiger partial charge is 0.444 e. The number of nitriles is 1. The maximum atomic E-state index is 12.8.